The molecule has 0 bridgehead atoms. The Bertz CT molecular complexity index is 1290. The van der Waals surface area contributed by atoms with Gasteiger partial charge in [-0.2, -0.15) is 13.2 Å². The van der Waals surface area contributed by atoms with E-state index >= 15 is 0 Å². The van der Waals surface area contributed by atoms with E-state index in [0.717, 1.165) is 34.5 Å². The van der Waals surface area contributed by atoms with Crippen LogP contribution < -0.4 is 10.2 Å². The monoisotopic (exact) mass is 495 g/mol. The van der Waals surface area contributed by atoms with Gasteiger partial charge in [0, 0.05) is 36.6 Å². The third-order valence-corrected chi connectivity index (χ3v) is 6.42. The van der Waals surface area contributed by atoms with Crippen LogP contribution >= 0.6 is 0 Å². The Labute approximate surface area is 206 Å². The molecule has 3 aromatic rings. The van der Waals surface area contributed by atoms with Gasteiger partial charge in [-0.25, -0.2) is 4.79 Å². The van der Waals surface area contributed by atoms with Crippen molar-refractivity contribution < 1.29 is 27.5 Å². The smallest absolute Gasteiger partial charge is 0.378 e. The minimum absolute atomic E-state index is 0.0128. The normalized spacial score (nSPS) is 15.5. The molecular weight excluding hydrogens is 471 g/mol. The van der Waals surface area contributed by atoms with Crippen LogP contribution in [0, 0.1) is 0 Å². The van der Waals surface area contributed by atoms with Crippen molar-refractivity contribution in [1.29, 1.82) is 0 Å². The fraction of sp³-hybridized carbons (Fsp3) is 0.259. The van der Waals surface area contributed by atoms with Gasteiger partial charge in [0.05, 0.1) is 18.8 Å². The molecule has 2 heterocycles. The van der Waals surface area contributed by atoms with Crippen molar-refractivity contribution in [2.45, 2.75) is 12.6 Å². The number of hydrogen-bond acceptors (Lipinski definition) is 3. The lowest BCUT2D eigenvalue weighted by Gasteiger charge is -2.26. The average Bonchev–Trinajstić information content (AvgIpc) is 3.32. The van der Waals surface area contributed by atoms with E-state index in [9.17, 15) is 22.8 Å². The summed E-state index contributed by atoms with van der Waals surface area (Å²) in [6.07, 6.45) is -3.85. The molecule has 0 atom stereocenters. The van der Waals surface area contributed by atoms with Crippen LogP contribution in [0.2, 0.25) is 0 Å². The lowest BCUT2D eigenvalue weighted by Crippen LogP contribution is -2.40. The van der Waals surface area contributed by atoms with Gasteiger partial charge in [0.1, 0.15) is 0 Å². The van der Waals surface area contributed by atoms with Gasteiger partial charge in [-0.15, -0.1) is 0 Å². The summed E-state index contributed by atoms with van der Waals surface area (Å²) in [4.78, 5) is 28.8. The number of carbonyl (C=O) groups is 2. The predicted molar refractivity (Wildman–Crippen MR) is 130 cm³/mol. The Hall–Kier alpha value is -3.85. The molecule has 0 aromatic heterocycles. The van der Waals surface area contributed by atoms with Crippen LogP contribution in [-0.2, 0) is 17.3 Å². The summed E-state index contributed by atoms with van der Waals surface area (Å²) in [5, 5.41) is 2.57. The summed E-state index contributed by atoms with van der Waals surface area (Å²) in [6.45, 7) is 2.70. The lowest BCUT2D eigenvalue weighted by atomic mass is 10.0. The molecule has 186 valence electrons. The number of nitrogens with one attached hydrogen (secondary N) is 1. The maximum Gasteiger partial charge on any atom is 0.416 e. The summed E-state index contributed by atoms with van der Waals surface area (Å²) in [5.41, 5.74) is 3.50. The number of anilines is 2. The van der Waals surface area contributed by atoms with Crippen LogP contribution in [0.3, 0.4) is 0 Å². The summed E-state index contributed by atoms with van der Waals surface area (Å²) in [5.74, 6) is -0.0128. The molecule has 9 heteroatoms. The number of fused-ring (bicyclic) bond motifs is 1. The highest BCUT2D eigenvalue weighted by Crippen LogP contribution is 2.34. The van der Waals surface area contributed by atoms with E-state index in [0.29, 0.717) is 44.8 Å². The lowest BCUT2D eigenvalue weighted by molar-refractivity contribution is -0.137. The van der Waals surface area contributed by atoms with Crippen molar-refractivity contribution in [3.63, 3.8) is 0 Å². The van der Waals surface area contributed by atoms with Crippen LogP contribution in [0.4, 0.5) is 29.3 Å². The van der Waals surface area contributed by atoms with Crippen LogP contribution in [0.5, 0.6) is 0 Å². The van der Waals surface area contributed by atoms with Crippen LogP contribution in [0.15, 0.2) is 66.7 Å². The molecule has 0 radical (unpaired) electrons. The minimum atomic E-state index is -4.48. The second kappa shape index (κ2) is 9.66. The standard InChI is InChI=1S/C27H24F3N3O3/c28-27(29,30)22-2-1-3-23(17-22)31-26(35)33-11-10-21-16-20(8-9-24(21)33)18-4-6-19(7-5-18)25(34)32-12-14-36-15-13-32/h1-9,16-17H,10-15H2,(H,31,35). The summed E-state index contributed by atoms with van der Waals surface area (Å²) >= 11 is 0. The molecule has 3 aromatic carbocycles. The number of benzene rings is 3. The van der Waals surface area contributed by atoms with Gasteiger partial charge in [0.25, 0.3) is 5.91 Å². The number of amides is 3. The van der Waals surface area contributed by atoms with E-state index in [-0.39, 0.29) is 11.6 Å². The van der Waals surface area contributed by atoms with E-state index < -0.39 is 17.8 Å². The van der Waals surface area contributed by atoms with Gasteiger partial charge in [-0.3, -0.25) is 9.69 Å². The number of morpholine rings is 1. The first-order valence-corrected chi connectivity index (χ1v) is 11.7. The zero-order valence-electron chi connectivity index (χ0n) is 19.3. The van der Waals surface area contributed by atoms with Gasteiger partial charge in [0.15, 0.2) is 0 Å². The van der Waals surface area contributed by atoms with Crippen molar-refractivity contribution in [3.05, 3.63) is 83.4 Å². The second-order valence-electron chi connectivity index (χ2n) is 8.74. The number of carbonyl (C=O) groups excluding carboxylic acids is 2. The summed E-state index contributed by atoms with van der Waals surface area (Å²) in [7, 11) is 0. The first-order chi connectivity index (χ1) is 17.3. The van der Waals surface area contributed by atoms with Gasteiger partial charge >= 0.3 is 12.2 Å². The molecule has 2 aliphatic rings. The fourth-order valence-corrected chi connectivity index (χ4v) is 4.51. The Kier molecular flexibility index (Phi) is 6.40. The summed E-state index contributed by atoms with van der Waals surface area (Å²) < 4.78 is 44.2. The summed E-state index contributed by atoms with van der Waals surface area (Å²) in [6, 6.07) is 17.3. The number of ether oxygens (including phenoxy) is 1. The molecule has 1 saturated heterocycles. The third kappa shape index (κ3) is 4.92. The van der Waals surface area contributed by atoms with Crippen LogP contribution in [0.25, 0.3) is 11.1 Å². The first-order valence-electron chi connectivity index (χ1n) is 11.7. The van der Waals surface area contributed by atoms with E-state index in [1.54, 1.807) is 4.90 Å². The van der Waals surface area contributed by atoms with Gasteiger partial charge < -0.3 is 15.0 Å². The van der Waals surface area contributed by atoms with Crippen molar-refractivity contribution in [2.75, 3.05) is 43.1 Å². The molecule has 0 unspecified atom stereocenters. The molecule has 5 rings (SSSR count). The predicted octanol–water partition coefficient (Wildman–Crippen LogP) is 5.44. The van der Waals surface area contributed by atoms with Gasteiger partial charge in [-0.05, 0) is 65.6 Å². The zero-order chi connectivity index (χ0) is 25.3. The Morgan fingerprint density at radius 2 is 1.58 bits per heavy atom. The number of alkyl halides is 3. The SMILES string of the molecule is O=C(c1ccc(-c2ccc3c(c2)CCN3C(=O)Nc2cccc(C(F)(F)F)c2)cc1)N1CCOCC1. The maximum absolute atomic E-state index is 13.0. The Morgan fingerprint density at radius 1 is 0.861 bits per heavy atom. The molecule has 1 fully saturated rings. The molecule has 0 spiro atoms. The van der Waals surface area contributed by atoms with Crippen molar-refractivity contribution in [2.24, 2.45) is 0 Å². The van der Waals surface area contributed by atoms with Gasteiger partial charge in [-0.1, -0.05) is 24.3 Å². The molecule has 2 aliphatic heterocycles. The fourth-order valence-electron chi connectivity index (χ4n) is 4.51. The van der Waals surface area contributed by atoms with Gasteiger partial charge in [0.2, 0.25) is 0 Å². The molecule has 3 amide bonds. The van der Waals surface area contributed by atoms with E-state index in [2.05, 4.69) is 5.32 Å². The largest absolute Gasteiger partial charge is 0.416 e. The zero-order valence-corrected chi connectivity index (χ0v) is 19.3. The highest BCUT2D eigenvalue weighted by atomic mass is 19.4. The van der Waals surface area contributed by atoms with E-state index in [1.807, 2.05) is 42.5 Å². The maximum atomic E-state index is 13.0. The highest BCUT2D eigenvalue weighted by Gasteiger charge is 2.31. The molecule has 0 saturated carbocycles. The molecule has 6 nitrogen and oxygen atoms in total. The van der Waals surface area contributed by atoms with Crippen molar-refractivity contribution in [3.8, 4) is 11.1 Å². The number of urea groups is 1. The molecule has 36 heavy (non-hydrogen) atoms. The van der Waals surface area contributed by atoms with Crippen LogP contribution in [0.1, 0.15) is 21.5 Å². The molecular formula is C27H24F3N3O3. The third-order valence-electron chi connectivity index (χ3n) is 6.42. The number of rotatable bonds is 3. The topological polar surface area (TPSA) is 61.9 Å². The highest BCUT2D eigenvalue weighted by molar-refractivity contribution is 6.03. The quantitative estimate of drug-likeness (QED) is 0.527. The Morgan fingerprint density at radius 3 is 2.31 bits per heavy atom. The number of nitrogens with zero attached hydrogens (tertiary/aromatic N) is 2. The van der Waals surface area contributed by atoms with E-state index in [1.165, 1.54) is 17.0 Å². The van der Waals surface area contributed by atoms with E-state index in [4.69, 9.17) is 4.74 Å². The molecule has 0 aliphatic carbocycles. The van der Waals surface area contributed by atoms with Crippen LogP contribution in [-0.4, -0.2) is 49.7 Å². The van der Waals surface area contributed by atoms with Crippen molar-refractivity contribution >= 4 is 23.3 Å². The van der Waals surface area contributed by atoms with Crippen molar-refractivity contribution in [1.82, 2.24) is 4.90 Å². The first kappa shape index (κ1) is 23.9. The number of hydrogen-bond donors (Lipinski definition) is 1. The second-order valence-corrected chi connectivity index (χ2v) is 8.74. The average molecular weight is 496 g/mol. The Balaban J connectivity index is 1.28. The minimum Gasteiger partial charge on any atom is -0.378 e. The number of halogens is 3. The molecule has 1 N–H and O–H groups in total.